The molecule has 62 valence electrons. The molecule has 2 heteroatoms. The molecule has 1 rings (SSSR count). The summed E-state index contributed by atoms with van der Waals surface area (Å²) in [6.07, 6.45) is 3.99. The fourth-order valence-electron chi connectivity index (χ4n) is 0.961. The van der Waals surface area contributed by atoms with Crippen molar-refractivity contribution in [3.8, 4) is 0 Å². The maximum atomic E-state index is 4.25. The van der Waals surface area contributed by atoms with Crippen molar-refractivity contribution in [2.24, 2.45) is 5.92 Å². The zero-order valence-electron chi connectivity index (χ0n) is 7.70. The van der Waals surface area contributed by atoms with Crippen molar-refractivity contribution in [1.29, 1.82) is 0 Å². The number of hydrogen-bond donors (Lipinski definition) is 0. The van der Waals surface area contributed by atoms with Gasteiger partial charge >= 0.3 is 0 Å². The quantitative estimate of drug-likeness (QED) is 0.636. The van der Waals surface area contributed by atoms with E-state index in [1.54, 1.807) is 0 Å². The minimum absolute atomic E-state index is 0.503. The summed E-state index contributed by atoms with van der Waals surface area (Å²) in [7, 11) is 0. The molecule has 0 aliphatic carbocycles. The summed E-state index contributed by atoms with van der Waals surface area (Å²) in [6, 6.07) is 0.503. The van der Waals surface area contributed by atoms with E-state index < -0.39 is 0 Å². The third-order valence-electron chi connectivity index (χ3n) is 2.11. The third kappa shape index (κ3) is 1.82. The normalized spacial score (nSPS) is 13.9. The lowest BCUT2D eigenvalue weighted by molar-refractivity contribution is 0.375. The summed E-state index contributed by atoms with van der Waals surface area (Å²) < 4.78 is 2.03. The van der Waals surface area contributed by atoms with E-state index in [9.17, 15) is 0 Å². The van der Waals surface area contributed by atoms with E-state index in [0.29, 0.717) is 12.0 Å². The van der Waals surface area contributed by atoms with Crippen LogP contribution < -0.4 is 0 Å². The second-order valence-electron chi connectivity index (χ2n) is 3.48. The topological polar surface area (TPSA) is 17.8 Å². The first-order valence-electron chi connectivity index (χ1n) is 4.12. The number of rotatable bonds is 2. The highest BCUT2D eigenvalue weighted by Gasteiger charge is 2.08. The highest BCUT2D eigenvalue weighted by atomic mass is 15.3. The van der Waals surface area contributed by atoms with Crippen molar-refractivity contribution in [1.82, 2.24) is 9.78 Å². The lowest BCUT2D eigenvalue weighted by atomic mass is 10.1. The fourth-order valence-corrected chi connectivity index (χ4v) is 0.961. The predicted octanol–water partition coefficient (Wildman–Crippen LogP) is 2.41. The number of nitrogens with zero attached hydrogens (tertiary/aromatic N) is 2. The summed E-state index contributed by atoms with van der Waals surface area (Å²) in [5, 5.41) is 4.25. The molecule has 0 amide bonds. The van der Waals surface area contributed by atoms with Crippen LogP contribution in [0.25, 0.3) is 0 Å². The zero-order valence-corrected chi connectivity index (χ0v) is 7.70. The first kappa shape index (κ1) is 8.31. The van der Waals surface area contributed by atoms with Crippen LogP contribution in [-0.4, -0.2) is 9.78 Å². The van der Waals surface area contributed by atoms with Crippen LogP contribution >= 0.6 is 0 Å². The molecule has 11 heavy (non-hydrogen) atoms. The molecule has 1 aromatic rings. The van der Waals surface area contributed by atoms with Crippen LogP contribution in [-0.2, 0) is 0 Å². The summed E-state index contributed by atoms with van der Waals surface area (Å²) in [6.45, 7) is 8.68. The highest BCUT2D eigenvalue weighted by Crippen LogP contribution is 2.15. The van der Waals surface area contributed by atoms with Gasteiger partial charge in [-0.1, -0.05) is 13.8 Å². The standard InChI is InChI=1S/C9H16N2/c1-7(2)9(4)11-6-8(3)5-10-11/h5-7,9H,1-4H3. The molecule has 0 fully saturated rings. The average molecular weight is 152 g/mol. The Hall–Kier alpha value is -0.790. The summed E-state index contributed by atoms with van der Waals surface area (Å²) >= 11 is 0. The molecule has 0 aromatic carbocycles. The van der Waals surface area contributed by atoms with Gasteiger partial charge in [0.2, 0.25) is 0 Å². The van der Waals surface area contributed by atoms with Crippen molar-refractivity contribution in [2.75, 3.05) is 0 Å². The minimum atomic E-state index is 0.503. The van der Waals surface area contributed by atoms with E-state index in [4.69, 9.17) is 0 Å². The van der Waals surface area contributed by atoms with Crippen molar-refractivity contribution in [3.05, 3.63) is 18.0 Å². The van der Waals surface area contributed by atoms with Crippen LogP contribution in [0, 0.1) is 12.8 Å². The molecule has 0 spiro atoms. The molecule has 2 nitrogen and oxygen atoms in total. The van der Waals surface area contributed by atoms with Crippen LogP contribution in [0.1, 0.15) is 32.4 Å². The third-order valence-corrected chi connectivity index (χ3v) is 2.11. The van der Waals surface area contributed by atoms with Gasteiger partial charge in [-0.2, -0.15) is 5.10 Å². The number of aromatic nitrogens is 2. The lowest BCUT2D eigenvalue weighted by Crippen LogP contribution is -2.11. The van der Waals surface area contributed by atoms with E-state index in [-0.39, 0.29) is 0 Å². The SMILES string of the molecule is Cc1cnn(C(C)C(C)C)c1. The van der Waals surface area contributed by atoms with Gasteiger partial charge in [0.15, 0.2) is 0 Å². The van der Waals surface area contributed by atoms with E-state index in [2.05, 4.69) is 39.0 Å². The van der Waals surface area contributed by atoms with Crippen LogP contribution in [0.4, 0.5) is 0 Å². The molecule has 0 aliphatic heterocycles. The monoisotopic (exact) mass is 152 g/mol. The molecule has 0 aliphatic rings. The van der Waals surface area contributed by atoms with Crippen LogP contribution in [0.5, 0.6) is 0 Å². The van der Waals surface area contributed by atoms with Gasteiger partial charge in [-0.05, 0) is 25.3 Å². The first-order chi connectivity index (χ1) is 5.11. The molecular weight excluding hydrogens is 136 g/mol. The molecule has 0 saturated heterocycles. The van der Waals surface area contributed by atoms with Gasteiger partial charge in [-0.25, -0.2) is 0 Å². The molecule has 0 radical (unpaired) electrons. The van der Waals surface area contributed by atoms with Gasteiger partial charge in [-0.3, -0.25) is 4.68 Å². The summed E-state index contributed by atoms with van der Waals surface area (Å²) in [5.74, 6) is 0.647. The Labute approximate surface area is 68.2 Å². The van der Waals surface area contributed by atoms with E-state index in [1.807, 2.05) is 10.9 Å². The highest BCUT2D eigenvalue weighted by molar-refractivity contribution is 5.00. The first-order valence-corrected chi connectivity index (χ1v) is 4.12. The van der Waals surface area contributed by atoms with Crippen molar-refractivity contribution < 1.29 is 0 Å². The van der Waals surface area contributed by atoms with Crippen molar-refractivity contribution >= 4 is 0 Å². The van der Waals surface area contributed by atoms with E-state index in [1.165, 1.54) is 5.56 Å². The zero-order chi connectivity index (χ0) is 8.43. The van der Waals surface area contributed by atoms with Crippen LogP contribution in [0.3, 0.4) is 0 Å². The van der Waals surface area contributed by atoms with Crippen LogP contribution in [0.15, 0.2) is 12.4 Å². The Bertz CT molecular complexity index is 225. The van der Waals surface area contributed by atoms with Crippen LogP contribution in [0.2, 0.25) is 0 Å². The molecule has 0 saturated carbocycles. The molecular formula is C9H16N2. The van der Waals surface area contributed by atoms with E-state index in [0.717, 1.165) is 0 Å². The Kier molecular flexibility index (Phi) is 2.32. The second-order valence-corrected chi connectivity index (χ2v) is 3.48. The van der Waals surface area contributed by atoms with Crippen molar-refractivity contribution in [3.63, 3.8) is 0 Å². The smallest absolute Gasteiger partial charge is 0.0519 e. The maximum Gasteiger partial charge on any atom is 0.0519 e. The molecule has 0 bridgehead atoms. The van der Waals surface area contributed by atoms with Gasteiger partial charge in [-0.15, -0.1) is 0 Å². The fraction of sp³-hybridized carbons (Fsp3) is 0.667. The molecule has 1 unspecified atom stereocenters. The van der Waals surface area contributed by atoms with Gasteiger partial charge in [0.25, 0.3) is 0 Å². The summed E-state index contributed by atoms with van der Waals surface area (Å²) in [5.41, 5.74) is 1.23. The number of hydrogen-bond acceptors (Lipinski definition) is 1. The average Bonchev–Trinajstić information content (AvgIpc) is 2.34. The summed E-state index contributed by atoms with van der Waals surface area (Å²) in [4.78, 5) is 0. The molecule has 0 N–H and O–H groups in total. The largest absolute Gasteiger partial charge is 0.269 e. The maximum absolute atomic E-state index is 4.25. The Morgan fingerprint density at radius 2 is 2.00 bits per heavy atom. The Balaban J connectivity index is 2.76. The van der Waals surface area contributed by atoms with Gasteiger partial charge < -0.3 is 0 Å². The van der Waals surface area contributed by atoms with Gasteiger partial charge in [0, 0.05) is 6.20 Å². The molecule has 1 atom stereocenters. The van der Waals surface area contributed by atoms with Gasteiger partial charge in [0.1, 0.15) is 0 Å². The Morgan fingerprint density at radius 3 is 2.36 bits per heavy atom. The number of aryl methyl sites for hydroxylation is 1. The van der Waals surface area contributed by atoms with Crippen molar-refractivity contribution in [2.45, 2.75) is 33.7 Å². The molecule has 1 heterocycles. The Morgan fingerprint density at radius 1 is 1.36 bits per heavy atom. The predicted molar refractivity (Wildman–Crippen MR) is 46.5 cm³/mol. The lowest BCUT2D eigenvalue weighted by Gasteiger charge is -2.15. The van der Waals surface area contributed by atoms with E-state index >= 15 is 0 Å². The second kappa shape index (κ2) is 3.07. The molecule has 1 aromatic heterocycles. The minimum Gasteiger partial charge on any atom is -0.269 e. The van der Waals surface area contributed by atoms with Gasteiger partial charge in [0.05, 0.1) is 12.2 Å².